The SMILES string of the molecule is CC(C)CCC(O)Cn1cc(Br)cn1. The second-order valence-electron chi connectivity index (χ2n) is 4.01. The zero-order valence-corrected chi connectivity index (χ0v) is 10.2. The molecule has 1 atom stereocenters. The Balaban J connectivity index is 2.30. The van der Waals surface area contributed by atoms with Crippen LogP contribution in [0.4, 0.5) is 0 Å². The summed E-state index contributed by atoms with van der Waals surface area (Å²) in [6.07, 6.45) is 5.22. The van der Waals surface area contributed by atoms with Crippen molar-refractivity contribution in [2.24, 2.45) is 5.92 Å². The van der Waals surface area contributed by atoms with Crippen LogP contribution in [0.2, 0.25) is 0 Å². The molecule has 1 heterocycles. The molecule has 1 aromatic rings. The van der Waals surface area contributed by atoms with Crippen LogP contribution in [-0.2, 0) is 6.54 Å². The van der Waals surface area contributed by atoms with Crippen LogP contribution >= 0.6 is 15.9 Å². The normalized spacial score (nSPS) is 13.5. The van der Waals surface area contributed by atoms with Crippen LogP contribution in [0.15, 0.2) is 16.9 Å². The van der Waals surface area contributed by atoms with Crippen molar-refractivity contribution >= 4 is 15.9 Å². The Labute approximate surface area is 93.3 Å². The largest absolute Gasteiger partial charge is 0.391 e. The molecule has 0 fully saturated rings. The Morgan fingerprint density at radius 3 is 2.71 bits per heavy atom. The Bertz CT molecular complexity index is 273. The number of hydrogen-bond acceptors (Lipinski definition) is 2. The maximum atomic E-state index is 9.68. The van der Waals surface area contributed by atoms with Crippen molar-refractivity contribution in [2.75, 3.05) is 0 Å². The molecular weight excluding hydrogens is 244 g/mol. The molecule has 1 aromatic heterocycles. The van der Waals surface area contributed by atoms with Gasteiger partial charge in [-0.3, -0.25) is 4.68 Å². The minimum atomic E-state index is -0.288. The van der Waals surface area contributed by atoms with Gasteiger partial charge in [0.1, 0.15) is 0 Å². The summed E-state index contributed by atoms with van der Waals surface area (Å²) in [5, 5.41) is 13.8. The van der Waals surface area contributed by atoms with Gasteiger partial charge in [0.05, 0.1) is 23.3 Å². The third-order valence-corrected chi connectivity index (χ3v) is 2.49. The number of aliphatic hydroxyl groups excluding tert-OH is 1. The molecule has 0 spiro atoms. The van der Waals surface area contributed by atoms with Crippen LogP contribution in [0.3, 0.4) is 0 Å². The van der Waals surface area contributed by atoms with Crippen molar-refractivity contribution in [1.82, 2.24) is 9.78 Å². The zero-order valence-electron chi connectivity index (χ0n) is 8.65. The van der Waals surface area contributed by atoms with Gasteiger partial charge in [-0.1, -0.05) is 13.8 Å². The first-order valence-electron chi connectivity index (χ1n) is 4.94. The molecule has 3 nitrogen and oxygen atoms in total. The molecule has 80 valence electrons. The van der Waals surface area contributed by atoms with Gasteiger partial charge in [-0.05, 0) is 34.7 Å². The molecule has 0 aromatic carbocycles. The highest BCUT2D eigenvalue weighted by Gasteiger charge is 2.07. The average molecular weight is 261 g/mol. The standard InChI is InChI=1S/C10H17BrN2O/c1-8(2)3-4-10(14)7-13-6-9(11)5-12-13/h5-6,8,10,14H,3-4,7H2,1-2H3. The maximum Gasteiger partial charge on any atom is 0.0736 e. The van der Waals surface area contributed by atoms with Gasteiger partial charge >= 0.3 is 0 Å². The minimum Gasteiger partial charge on any atom is -0.391 e. The highest BCUT2D eigenvalue weighted by atomic mass is 79.9. The Morgan fingerprint density at radius 2 is 2.21 bits per heavy atom. The van der Waals surface area contributed by atoms with Gasteiger partial charge < -0.3 is 5.11 Å². The third kappa shape index (κ3) is 4.24. The molecule has 1 N–H and O–H groups in total. The number of hydrogen-bond donors (Lipinski definition) is 1. The van der Waals surface area contributed by atoms with Gasteiger partial charge in [-0.25, -0.2) is 0 Å². The third-order valence-electron chi connectivity index (χ3n) is 2.08. The van der Waals surface area contributed by atoms with Gasteiger partial charge in [0.25, 0.3) is 0 Å². The fourth-order valence-electron chi connectivity index (χ4n) is 1.27. The van der Waals surface area contributed by atoms with Crippen molar-refractivity contribution in [3.05, 3.63) is 16.9 Å². The van der Waals surface area contributed by atoms with Crippen LogP contribution in [0.5, 0.6) is 0 Å². The zero-order chi connectivity index (χ0) is 10.6. The summed E-state index contributed by atoms with van der Waals surface area (Å²) in [4.78, 5) is 0. The van der Waals surface area contributed by atoms with E-state index in [2.05, 4.69) is 34.9 Å². The molecule has 0 aliphatic carbocycles. The van der Waals surface area contributed by atoms with E-state index in [9.17, 15) is 5.11 Å². The second-order valence-corrected chi connectivity index (χ2v) is 4.92. The maximum absolute atomic E-state index is 9.68. The van der Waals surface area contributed by atoms with Gasteiger partial charge in [0.2, 0.25) is 0 Å². The number of aromatic nitrogens is 2. The lowest BCUT2D eigenvalue weighted by Crippen LogP contribution is -2.16. The smallest absolute Gasteiger partial charge is 0.0736 e. The van der Waals surface area contributed by atoms with E-state index in [1.54, 1.807) is 10.9 Å². The lowest BCUT2D eigenvalue weighted by atomic mass is 10.1. The van der Waals surface area contributed by atoms with Crippen molar-refractivity contribution < 1.29 is 5.11 Å². The van der Waals surface area contributed by atoms with Crippen LogP contribution in [0.25, 0.3) is 0 Å². The van der Waals surface area contributed by atoms with Gasteiger partial charge in [-0.2, -0.15) is 5.10 Å². The van der Waals surface area contributed by atoms with Crippen molar-refractivity contribution in [3.63, 3.8) is 0 Å². The van der Waals surface area contributed by atoms with Gasteiger partial charge in [0, 0.05) is 6.20 Å². The lowest BCUT2D eigenvalue weighted by molar-refractivity contribution is 0.133. The van der Waals surface area contributed by atoms with E-state index in [1.807, 2.05) is 6.20 Å². The molecular formula is C10H17BrN2O. The number of aliphatic hydroxyl groups is 1. The topological polar surface area (TPSA) is 38.0 Å². The predicted octanol–water partition coefficient (Wildman–Crippen LogP) is 2.44. The molecule has 0 saturated carbocycles. The Hall–Kier alpha value is -0.350. The summed E-state index contributed by atoms with van der Waals surface area (Å²) in [7, 11) is 0. The molecule has 0 amide bonds. The molecule has 14 heavy (non-hydrogen) atoms. The number of rotatable bonds is 5. The fourth-order valence-corrected chi connectivity index (χ4v) is 1.60. The van der Waals surface area contributed by atoms with Crippen molar-refractivity contribution in [2.45, 2.75) is 39.3 Å². The summed E-state index contributed by atoms with van der Waals surface area (Å²) in [6.45, 7) is 4.91. The first-order chi connectivity index (χ1) is 6.58. The first kappa shape index (κ1) is 11.7. The Morgan fingerprint density at radius 1 is 1.50 bits per heavy atom. The van der Waals surface area contributed by atoms with E-state index in [4.69, 9.17) is 0 Å². The van der Waals surface area contributed by atoms with E-state index in [0.29, 0.717) is 12.5 Å². The summed E-state index contributed by atoms with van der Waals surface area (Å²) in [5.74, 6) is 0.647. The van der Waals surface area contributed by atoms with Gasteiger partial charge in [-0.15, -0.1) is 0 Å². The Kier molecular flexibility index (Phi) is 4.62. The molecule has 0 saturated heterocycles. The van der Waals surface area contributed by atoms with E-state index < -0.39 is 0 Å². The molecule has 0 aliphatic rings. The van der Waals surface area contributed by atoms with E-state index in [0.717, 1.165) is 17.3 Å². The van der Waals surface area contributed by atoms with E-state index in [-0.39, 0.29) is 6.10 Å². The first-order valence-corrected chi connectivity index (χ1v) is 5.73. The highest BCUT2D eigenvalue weighted by molar-refractivity contribution is 9.10. The molecule has 0 aliphatic heterocycles. The van der Waals surface area contributed by atoms with Crippen LogP contribution in [0, 0.1) is 5.92 Å². The van der Waals surface area contributed by atoms with Crippen LogP contribution < -0.4 is 0 Å². The molecule has 1 rings (SSSR count). The quantitative estimate of drug-likeness (QED) is 0.884. The lowest BCUT2D eigenvalue weighted by Gasteiger charge is -2.11. The predicted molar refractivity (Wildman–Crippen MR) is 60.0 cm³/mol. The average Bonchev–Trinajstić information content (AvgIpc) is 2.48. The highest BCUT2D eigenvalue weighted by Crippen LogP contribution is 2.10. The molecule has 1 unspecified atom stereocenters. The van der Waals surface area contributed by atoms with E-state index in [1.165, 1.54) is 0 Å². The number of nitrogens with zero attached hydrogens (tertiary/aromatic N) is 2. The molecule has 0 radical (unpaired) electrons. The van der Waals surface area contributed by atoms with Crippen molar-refractivity contribution in [1.29, 1.82) is 0 Å². The monoisotopic (exact) mass is 260 g/mol. The van der Waals surface area contributed by atoms with Gasteiger partial charge in [0.15, 0.2) is 0 Å². The summed E-state index contributed by atoms with van der Waals surface area (Å²) in [6, 6.07) is 0. The summed E-state index contributed by atoms with van der Waals surface area (Å²) in [5.41, 5.74) is 0. The van der Waals surface area contributed by atoms with Crippen LogP contribution in [-0.4, -0.2) is 21.0 Å². The fraction of sp³-hybridized carbons (Fsp3) is 0.700. The molecule has 0 bridgehead atoms. The van der Waals surface area contributed by atoms with E-state index >= 15 is 0 Å². The molecule has 4 heteroatoms. The minimum absolute atomic E-state index is 0.288. The number of halogens is 1. The van der Waals surface area contributed by atoms with Crippen LogP contribution in [0.1, 0.15) is 26.7 Å². The summed E-state index contributed by atoms with van der Waals surface area (Å²) < 4.78 is 2.71. The van der Waals surface area contributed by atoms with Crippen molar-refractivity contribution in [3.8, 4) is 0 Å². The summed E-state index contributed by atoms with van der Waals surface area (Å²) >= 11 is 3.32. The second kappa shape index (κ2) is 5.51.